The van der Waals surface area contributed by atoms with Gasteiger partial charge in [-0.2, -0.15) is 0 Å². The Morgan fingerprint density at radius 1 is 1.17 bits per heavy atom. The van der Waals surface area contributed by atoms with Crippen LogP contribution in [0.15, 0.2) is 12.2 Å². The minimum absolute atomic E-state index is 0.382. The van der Waals surface area contributed by atoms with Gasteiger partial charge in [0.25, 0.3) is 0 Å². The van der Waals surface area contributed by atoms with Gasteiger partial charge in [0.05, 0.1) is 0 Å². The molecule has 100 valence electrons. The molecule has 1 rings (SSSR count). The molecule has 2 nitrogen and oxygen atoms in total. The van der Waals surface area contributed by atoms with Gasteiger partial charge in [0, 0.05) is 6.42 Å². The third kappa shape index (κ3) is 6.61. The van der Waals surface area contributed by atoms with Crippen LogP contribution >= 0.6 is 0 Å². The van der Waals surface area contributed by atoms with Crippen LogP contribution in [0.2, 0.25) is 0 Å². The zero-order valence-electron chi connectivity index (χ0n) is 11.1. The molecule has 0 aromatic rings. The van der Waals surface area contributed by atoms with Crippen molar-refractivity contribution < 1.29 is 9.90 Å². The SMILES string of the molecule is O=CCCCC/C=C/C#CC(O)C1CCCCC1. The maximum absolute atomic E-state index is 10.1. The van der Waals surface area contributed by atoms with Crippen LogP contribution in [-0.4, -0.2) is 17.5 Å². The molecule has 0 spiro atoms. The highest BCUT2D eigenvalue weighted by atomic mass is 16.3. The van der Waals surface area contributed by atoms with Gasteiger partial charge in [-0.25, -0.2) is 0 Å². The highest BCUT2D eigenvalue weighted by molar-refractivity contribution is 5.48. The molecule has 0 aliphatic heterocycles. The lowest BCUT2D eigenvalue weighted by molar-refractivity contribution is -0.107. The number of hydrogen-bond acceptors (Lipinski definition) is 2. The van der Waals surface area contributed by atoms with Gasteiger partial charge >= 0.3 is 0 Å². The van der Waals surface area contributed by atoms with Gasteiger partial charge < -0.3 is 9.90 Å². The van der Waals surface area contributed by atoms with Crippen LogP contribution < -0.4 is 0 Å². The van der Waals surface area contributed by atoms with Gasteiger partial charge in [-0.1, -0.05) is 37.2 Å². The Bertz CT molecular complexity index is 303. The van der Waals surface area contributed by atoms with Crippen molar-refractivity contribution in [2.75, 3.05) is 0 Å². The third-order valence-electron chi connectivity index (χ3n) is 3.47. The summed E-state index contributed by atoms with van der Waals surface area (Å²) < 4.78 is 0. The van der Waals surface area contributed by atoms with Crippen molar-refractivity contribution in [3.05, 3.63) is 12.2 Å². The fraction of sp³-hybridized carbons (Fsp3) is 0.688. The van der Waals surface area contributed by atoms with E-state index in [1.165, 1.54) is 19.3 Å². The van der Waals surface area contributed by atoms with Gasteiger partial charge in [0.1, 0.15) is 12.4 Å². The standard InChI is InChI=1S/C16H24O2/c17-14-10-5-3-1-2-4-9-13-16(18)15-11-7-6-8-12-15/h2,4,14-16,18H,1,3,5-8,10-12H2/b4-2+. The van der Waals surface area contributed by atoms with Crippen molar-refractivity contribution in [1.82, 2.24) is 0 Å². The zero-order valence-corrected chi connectivity index (χ0v) is 11.1. The molecular formula is C16H24O2. The molecule has 0 heterocycles. The van der Waals surface area contributed by atoms with Crippen LogP contribution in [0.4, 0.5) is 0 Å². The summed E-state index contributed by atoms with van der Waals surface area (Å²) in [5, 5.41) is 9.90. The number of unbranched alkanes of at least 4 members (excludes halogenated alkanes) is 3. The Morgan fingerprint density at radius 3 is 2.61 bits per heavy atom. The van der Waals surface area contributed by atoms with Crippen LogP contribution in [-0.2, 0) is 4.79 Å². The Morgan fingerprint density at radius 2 is 1.89 bits per heavy atom. The molecular weight excluding hydrogens is 224 g/mol. The first-order valence-corrected chi connectivity index (χ1v) is 7.12. The van der Waals surface area contributed by atoms with Crippen molar-refractivity contribution in [3.63, 3.8) is 0 Å². The minimum atomic E-state index is -0.454. The summed E-state index contributed by atoms with van der Waals surface area (Å²) in [6, 6.07) is 0. The van der Waals surface area contributed by atoms with E-state index in [0.29, 0.717) is 12.3 Å². The van der Waals surface area contributed by atoms with Gasteiger partial charge in [-0.05, 0) is 44.1 Å². The first-order valence-electron chi connectivity index (χ1n) is 7.12. The van der Waals surface area contributed by atoms with Crippen molar-refractivity contribution in [2.24, 2.45) is 5.92 Å². The maximum atomic E-state index is 10.1. The van der Waals surface area contributed by atoms with Crippen molar-refractivity contribution >= 4 is 6.29 Å². The molecule has 1 atom stereocenters. The number of aliphatic hydroxyl groups excluding tert-OH is 1. The summed E-state index contributed by atoms with van der Waals surface area (Å²) in [7, 11) is 0. The summed E-state index contributed by atoms with van der Waals surface area (Å²) in [4.78, 5) is 10.1. The second-order valence-electron chi connectivity index (χ2n) is 4.99. The first kappa shape index (κ1) is 15.0. The second-order valence-corrected chi connectivity index (χ2v) is 4.99. The molecule has 1 unspecified atom stereocenters. The molecule has 1 N–H and O–H groups in total. The predicted molar refractivity (Wildman–Crippen MR) is 74.0 cm³/mol. The smallest absolute Gasteiger partial charge is 0.119 e. The molecule has 1 fully saturated rings. The largest absolute Gasteiger partial charge is 0.380 e. The van der Waals surface area contributed by atoms with Crippen LogP contribution in [0.25, 0.3) is 0 Å². The van der Waals surface area contributed by atoms with Crippen LogP contribution in [0, 0.1) is 17.8 Å². The first-order chi connectivity index (χ1) is 8.84. The fourth-order valence-electron chi connectivity index (χ4n) is 2.33. The Hall–Kier alpha value is -1.07. The van der Waals surface area contributed by atoms with E-state index >= 15 is 0 Å². The zero-order chi connectivity index (χ0) is 13.1. The number of hydrogen-bond donors (Lipinski definition) is 1. The average molecular weight is 248 g/mol. The molecule has 2 heteroatoms. The Kier molecular flexibility index (Phi) is 8.25. The van der Waals surface area contributed by atoms with Gasteiger partial charge in [-0.15, -0.1) is 0 Å². The fourth-order valence-corrected chi connectivity index (χ4v) is 2.33. The van der Waals surface area contributed by atoms with E-state index in [9.17, 15) is 9.90 Å². The monoisotopic (exact) mass is 248 g/mol. The Balaban J connectivity index is 2.14. The molecule has 1 aliphatic rings. The number of aliphatic hydroxyl groups is 1. The van der Waals surface area contributed by atoms with E-state index in [2.05, 4.69) is 11.8 Å². The molecule has 1 saturated carbocycles. The lowest BCUT2D eigenvalue weighted by atomic mass is 9.85. The molecule has 0 aromatic heterocycles. The number of rotatable bonds is 6. The van der Waals surface area contributed by atoms with Crippen molar-refractivity contribution in [3.8, 4) is 11.8 Å². The lowest BCUT2D eigenvalue weighted by Gasteiger charge is -2.23. The van der Waals surface area contributed by atoms with E-state index in [0.717, 1.165) is 38.4 Å². The predicted octanol–water partition coefficient (Wildman–Crippen LogP) is 3.25. The number of allylic oxidation sites excluding steroid dienone is 2. The molecule has 0 saturated heterocycles. The van der Waals surface area contributed by atoms with Crippen molar-refractivity contribution in [2.45, 2.75) is 63.9 Å². The van der Waals surface area contributed by atoms with Gasteiger partial charge in [0.2, 0.25) is 0 Å². The highest BCUT2D eigenvalue weighted by Crippen LogP contribution is 2.26. The van der Waals surface area contributed by atoms with Crippen LogP contribution in [0.5, 0.6) is 0 Å². The number of aldehydes is 1. The van der Waals surface area contributed by atoms with Gasteiger partial charge in [-0.3, -0.25) is 0 Å². The minimum Gasteiger partial charge on any atom is -0.380 e. The summed E-state index contributed by atoms with van der Waals surface area (Å²) in [6.07, 6.45) is 13.9. The molecule has 1 aliphatic carbocycles. The van der Waals surface area contributed by atoms with E-state index in [-0.39, 0.29) is 0 Å². The maximum Gasteiger partial charge on any atom is 0.119 e. The average Bonchev–Trinajstić information content (AvgIpc) is 2.42. The van der Waals surface area contributed by atoms with E-state index in [1.807, 2.05) is 12.2 Å². The van der Waals surface area contributed by atoms with E-state index in [4.69, 9.17) is 0 Å². The summed E-state index contributed by atoms with van der Waals surface area (Å²) in [5.74, 6) is 6.22. The summed E-state index contributed by atoms with van der Waals surface area (Å²) >= 11 is 0. The molecule has 0 aromatic carbocycles. The molecule has 0 bridgehead atoms. The number of carbonyl (C=O) groups excluding carboxylic acids is 1. The van der Waals surface area contributed by atoms with Gasteiger partial charge in [0.15, 0.2) is 0 Å². The normalized spacial score (nSPS) is 18.3. The highest BCUT2D eigenvalue weighted by Gasteiger charge is 2.19. The van der Waals surface area contributed by atoms with Crippen molar-refractivity contribution in [1.29, 1.82) is 0 Å². The topological polar surface area (TPSA) is 37.3 Å². The summed E-state index contributed by atoms with van der Waals surface area (Å²) in [5.41, 5.74) is 0. The van der Waals surface area contributed by atoms with E-state index in [1.54, 1.807) is 0 Å². The molecule has 0 amide bonds. The third-order valence-corrected chi connectivity index (χ3v) is 3.47. The molecule has 0 radical (unpaired) electrons. The number of carbonyl (C=O) groups is 1. The quantitative estimate of drug-likeness (QED) is 0.445. The second kappa shape index (κ2) is 9.91. The molecule has 18 heavy (non-hydrogen) atoms. The Labute approximate surface area is 110 Å². The lowest BCUT2D eigenvalue weighted by Crippen LogP contribution is -2.20. The van der Waals surface area contributed by atoms with Crippen LogP contribution in [0.1, 0.15) is 57.8 Å². The van der Waals surface area contributed by atoms with E-state index < -0.39 is 6.10 Å². The van der Waals surface area contributed by atoms with Crippen LogP contribution in [0.3, 0.4) is 0 Å². The summed E-state index contributed by atoms with van der Waals surface area (Å²) in [6.45, 7) is 0.